The summed E-state index contributed by atoms with van der Waals surface area (Å²) in [7, 11) is 1.60. The van der Waals surface area contributed by atoms with Crippen LogP contribution in [0.15, 0.2) is 0 Å². The second-order valence-corrected chi connectivity index (χ2v) is 11.9. The summed E-state index contributed by atoms with van der Waals surface area (Å²) < 4.78 is 24.3. The molecule has 16 nitrogen and oxygen atoms in total. The summed E-state index contributed by atoms with van der Waals surface area (Å²) in [4.78, 5) is 0. The topological polar surface area (TPSA) is 272 Å². The first-order valence-electron chi connectivity index (χ1n) is 14.9. The lowest BCUT2D eigenvalue weighted by molar-refractivity contribution is -0.309. The Hall–Kier alpha value is -0.640. The van der Waals surface area contributed by atoms with Crippen molar-refractivity contribution in [2.24, 2.45) is 17.2 Å². The first-order chi connectivity index (χ1) is 20.0. The van der Waals surface area contributed by atoms with Crippen molar-refractivity contribution in [3.8, 4) is 0 Å². The Balaban J connectivity index is 1.81. The van der Waals surface area contributed by atoms with Crippen LogP contribution in [0, 0.1) is 0 Å². The highest BCUT2D eigenvalue weighted by Gasteiger charge is 2.51. The van der Waals surface area contributed by atoms with Gasteiger partial charge in [0.05, 0.1) is 50.2 Å². The van der Waals surface area contributed by atoms with Gasteiger partial charge in [-0.05, 0) is 46.2 Å². The van der Waals surface area contributed by atoms with Gasteiger partial charge in [0.15, 0.2) is 12.6 Å². The number of hydrogen-bond acceptors (Lipinski definition) is 16. The fraction of sp³-hybridized carbons (Fsp3) is 1.00. The van der Waals surface area contributed by atoms with Crippen LogP contribution in [0.25, 0.3) is 0 Å². The molecule has 248 valence electrons. The smallest absolute Gasteiger partial charge is 0.185 e. The molecule has 13 atom stereocenters. The molecule has 1 unspecified atom stereocenters. The highest BCUT2D eigenvalue weighted by atomic mass is 16.7. The molecule has 0 aromatic carbocycles. The number of nitrogens with one attached hydrogen (secondary N) is 3. The maximum atomic E-state index is 11.6. The molecule has 0 spiro atoms. The van der Waals surface area contributed by atoms with Gasteiger partial charge >= 0.3 is 0 Å². The number of hydrogen-bond donors (Lipinski definition) is 12. The monoisotopic (exact) mass is 610 g/mol. The molecule has 1 saturated carbocycles. The lowest BCUT2D eigenvalue weighted by atomic mass is 9.83. The van der Waals surface area contributed by atoms with Crippen molar-refractivity contribution in [3.63, 3.8) is 0 Å². The molecule has 3 aliphatic rings. The summed E-state index contributed by atoms with van der Waals surface area (Å²) in [6, 6.07) is -3.23. The summed E-state index contributed by atoms with van der Waals surface area (Å²) in [5.74, 6) is 0. The molecule has 1 aliphatic carbocycles. The fourth-order valence-electron chi connectivity index (χ4n) is 6.04. The Kier molecular flexibility index (Phi) is 14.2. The molecule has 15 N–H and O–H groups in total. The second kappa shape index (κ2) is 16.6. The van der Waals surface area contributed by atoms with Crippen molar-refractivity contribution >= 4 is 0 Å². The van der Waals surface area contributed by atoms with E-state index in [1.54, 1.807) is 7.05 Å². The molecular formula is C26H54N6O10. The summed E-state index contributed by atoms with van der Waals surface area (Å²) in [5.41, 5.74) is 16.6. The van der Waals surface area contributed by atoms with Gasteiger partial charge in [-0.3, -0.25) is 0 Å². The van der Waals surface area contributed by atoms with Crippen molar-refractivity contribution < 1.29 is 49.6 Å². The summed E-state index contributed by atoms with van der Waals surface area (Å²) in [5, 5.41) is 72.1. The zero-order valence-electron chi connectivity index (χ0n) is 24.6. The average Bonchev–Trinajstić information content (AvgIpc) is 2.96. The minimum atomic E-state index is -1.37. The molecule has 2 aliphatic heterocycles. The Morgan fingerprint density at radius 1 is 1.02 bits per heavy atom. The summed E-state index contributed by atoms with van der Waals surface area (Å²) in [6.45, 7) is 1.52. The lowest BCUT2D eigenvalue weighted by Crippen LogP contribution is -2.69. The van der Waals surface area contributed by atoms with Crippen molar-refractivity contribution in [2.45, 2.75) is 118 Å². The number of aliphatic hydroxyl groups excluding tert-OH is 5. The molecule has 16 heteroatoms. The lowest BCUT2D eigenvalue weighted by Gasteiger charge is -2.49. The minimum Gasteiger partial charge on any atom is -0.395 e. The Morgan fingerprint density at radius 3 is 2.33 bits per heavy atom. The molecule has 0 amide bonds. The van der Waals surface area contributed by atoms with Gasteiger partial charge in [-0.1, -0.05) is 0 Å². The predicted octanol–water partition coefficient (Wildman–Crippen LogP) is -5.65. The van der Waals surface area contributed by atoms with E-state index in [1.807, 2.05) is 0 Å². The molecule has 2 saturated heterocycles. The number of aliphatic hydroxyl groups is 6. The zero-order valence-corrected chi connectivity index (χ0v) is 24.6. The van der Waals surface area contributed by atoms with Crippen LogP contribution >= 0.6 is 0 Å². The molecule has 3 fully saturated rings. The SMILES string of the molecule is CN[C@@H]1[C@@H](O)[C@@H](O[C@@H]2[C@@H](O)[C@H](O[C@H]3O[C@H](CN)CC[C@H]3NCC(O)CCN)[C@@H](N)C[C@H]2NC(CO)CO)OC[C@]1(C)O. The van der Waals surface area contributed by atoms with E-state index in [0.29, 0.717) is 25.8 Å². The van der Waals surface area contributed by atoms with E-state index in [0.717, 1.165) is 0 Å². The number of ether oxygens (including phenoxy) is 4. The van der Waals surface area contributed by atoms with E-state index in [2.05, 4.69) is 16.0 Å². The molecule has 0 aromatic heterocycles. The van der Waals surface area contributed by atoms with Crippen LogP contribution in [0.3, 0.4) is 0 Å². The van der Waals surface area contributed by atoms with Crippen molar-refractivity contribution in [1.82, 2.24) is 16.0 Å². The Bertz CT molecular complexity index is 786. The number of rotatable bonds is 15. The van der Waals surface area contributed by atoms with Crippen LogP contribution in [0.4, 0.5) is 0 Å². The fourth-order valence-corrected chi connectivity index (χ4v) is 6.04. The zero-order chi connectivity index (χ0) is 31.0. The van der Waals surface area contributed by atoms with E-state index < -0.39 is 72.9 Å². The van der Waals surface area contributed by atoms with Gasteiger partial charge in [-0.2, -0.15) is 0 Å². The van der Waals surface area contributed by atoms with Gasteiger partial charge in [-0.25, -0.2) is 0 Å². The summed E-state index contributed by atoms with van der Waals surface area (Å²) in [6.07, 6.45) is -5.75. The van der Waals surface area contributed by atoms with Crippen molar-refractivity contribution in [1.29, 1.82) is 0 Å². The third-order valence-corrected chi connectivity index (χ3v) is 8.47. The first kappa shape index (κ1) is 35.8. The van der Waals surface area contributed by atoms with Gasteiger partial charge < -0.3 is 82.7 Å². The van der Waals surface area contributed by atoms with Gasteiger partial charge in [0.2, 0.25) is 0 Å². The average molecular weight is 611 g/mol. The van der Waals surface area contributed by atoms with Gasteiger partial charge in [-0.15, -0.1) is 0 Å². The van der Waals surface area contributed by atoms with E-state index in [1.165, 1.54) is 6.92 Å². The van der Waals surface area contributed by atoms with E-state index in [4.69, 9.17) is 36.1 Å². The molecule has 0 radical (unpaired) electrons. The standard InChI is InChI=1S/C26H54N6O10/c1-26(38)12-39-25(20(37)23(26)30-2)42-22-18(32-13(10-33)11-34)7-16(29)21(19(22)36)41-24-17(4-3-15(8-28)40-24)31-9-14(35)5-6-27/h13-25,30-38H,3-12,27-29H2,1-2H3/t14?,15-,16-,17+,18+,19-,20+,21+,22-,23+,24+,25+,26-/m0/s1. The summed E-state index contributed by atoms with van der Waals surface area (Å²) >= 11 is 0. The molecule has 0 aromatic rings. The van der Waals surface area contributed by atoms with Gasteiger partial charge in [0.1, 0.15) is 30.0 Å². The molecule has 3 rings (SSSR count). The van der Waals surface area contributed by atoms with Gasteiger partial charge in [0.25, 0.3) is 0 Å². The Labute approximate surface area is 247 Å². The predicted molar refractivity (Wildman–Crippen MR) is 151 cm³/mol. The minimum absolute atomic E-state index is 0.143. The maximum Gasteiger partial charge on any atom is 0.185 e. The third-order valence-electron chi connectivity index (χ3n) is 8.47. The Morgan fingerprint density at radius 2 is 1.71 bits per heavy atom. The largest absolute Gasteiger partial charge is 0.395 e. The van der Waals surface area contributed by atoms with Crippen LogP contribution < -0.4 is 33.2 Å². The quantitative estimate of drug-likeness (QED) is 0.0823. The number of nitrogens with two attached hydrogens (primary N) is 3. The van der Waals surface area contributed by atoms with Crippen LogP contribution in [0.5, 0.6) is 0 Å². The van der Waals surface area contributed by atoms with E-state index >= 15 is 0 Å². The van der Waals surface area contributed by atoms with Gasteiger partial charge in [0, 0.05) is 25.2 Å². The highest BCUT2D eigenvalue weighted by Crippen LogP contribution is 2.32. The molecule has 2 heterocycles. The normalized spacial score (nSPS) is 42.1. The van der Waals surface area contributed by atoms with Crippen LogP contribution in [-0.2, 0) is 18.9 Å². The highest BCUT2D eigenvalue weighted by molar-refractivity contribution is 5.03. The maximum absolute atomic E-state index is 11.6. The van der Waals surface area contributed by atoms with E-state index in [9.17, 15) is 30.6 Å². The number of likely N-dealkylation sites (N-methyl/N-ethyl adjacent to an activating group) is 1. The molecule has 0 bridgehead atoms. The van der Waals surface area contributed by atoms with Crippen molar-refractivity contribution in [2.75, 3.05) is 46.5 Å². The van der Waals surface area contributed by atoms with Crippen LogP contribution in [0.1, 0.15) is 32.6 Å². The van der Waals surface area contributed by atoms with Crippen molar-refractivity contribution in [3.05, 3.63) is 0 Å². The van der Waals surface area contributed by atoms with Crippen LogP contribution in [-0.4, -0.2) is 162 Å². The van der Waals surface area contributed by atoms with E-state index in [-0.39, 0.29) is 51.5 Å². The first-order valence-corrected chi connectivity index (χ1v) is 14.9. The third kappa shape index (κ3) is 8.97. The van der Waals surface area contributed by atoms with Crippen LogP contribution in [0.2, 0.25) is 0 Å². The molecule has 42 heavy (non-hydrogen) atoms. The molecular weight excluding hydrogens is 556 g/mol. The second-order valence-electron chi connectivity index (χ2n) is 11.9.